The van der Waals surface area contributed by atoms with Crippen LogP contribution in [-0.2, 0) is 9.47 Å². The van der Waals surface area contributed by atoms with Crippen molar-refractivity contribution in [2.24, 2.45) is 11.7 Å². The summed E-state index contributed by atoms with van der Waals surface area (Å²) in [7, 11) is 0. The van der Waals surface area contributed by atoms with Gasteiger partial charge < -0.3 is 15.2 Å². The van der Waals surface area contributed by atoms with E-state index in [0.717, 1.165) is 38.2 Å². The quantitative estimate of drug-likeness (QED) is 0.855. The van der Waals surface area contributed by atoms with Crippen LogP contribution < -0.4 is 5.73 Å². The largest absolute Gasteiger partial charge is 0.375 e. The fraction of sp³-hybridized carbons (Fsp3) is 1.00. The lowest BCUT2D eigenvalue weighted by atomic mass is 9.74. The summed E-state index contributed by atoms with van der Waals surface area (Å²) in [4.78, 5) is 0. The van der Waals surface area contributed by atoms with Crippen molar-refractivity contribution >= 4 is 0 Å². The highest BCUT2D eigenvalue weighted by Crippen LogP contribution is 2.45. The molecule has 3 nitrogen and oxygen atoms in total. The molecule has 0 bridgehead atoms. The number of nitrogens with two attached hydrogens (primary N) is 1. The van der Waals surface area contributed by atoms with E-state index in [9.17, 15) is 0 Å². The molecule has 3 fully saturated rings. The SMILES string of the molecule is CC1CCC(CN)(OC2CCOC3(CCC3)C2)CC1. The Kier molecular flexibility index (Phi) is 3.89. The molecule has 1 heterocycles. The molecule has 2 aliphatic carbocycles. The Morgan fingerprint density at radius 1 is 1.16 bits per heavy atom. The first-order valence-electron chi connectivity index (χ1n) is 8.17. The summed E-state index contributed by atoms with van der Waals surface area (Å²) in [5.74, 6) is 0.843. The van der Waals surface area contributed by atoms with Crippen LogP contribution in [0, 0.1) is 5.92 Å². The maximum atomic E-state index is 6.54. The highest BCUT2D eigenvalue weighted by Gasteiger charge is 2.45. The van der Waals surface area contributed by atoms with Gasteiger partial charge in [-0.15, -0.1) is 0 Å². The average molecular weight is 267 g/mol. The minimum absolute atomic E-state index is 0.0283. The molecule has 1 saturated heterocycles. The summed E-state index contributed by atoms with van der Waals surface area (Å²) >= 11 is 0. The smallest absolute Gasteiger partial charge is 0.0808 e. The van der Waals surface area contributed by atoms with Crippen LogP contribution in [0.4, 0.5) is 0 Å². The van der Waals surface area contributed by atoms with E-state index in [4.69, 9.17) is 15.2 Å². The van der Waals surface area contributed by atoms with E-state index >= 15 is 0 Å². The van der Waals surface area contributed by atoms with Gasteiger partial charge >= 0.3 is 0 Å². The summed E-state index contributed by atoms with van der Waals surface area (Å²) in [6.07, 6.45) is 11.2. The Hall–Kier alpha value is -0.120. The molecule has 2 N–H and O–H groups in total. The lowest BCUT2D eigenvalue weighted by Crippen LogP contribution is -2.52. The molecule has 3 rings (SSSR count). The average Bonchev–Trinajstić information content (AvgIpc) is 2.40. The van der Waals surface area contributed by atoms with Crippen molar-refractivity contribution in [1.29, 1.82) is 0 Å². The van der Waals surface area contributed by atoms with E-state index in [0.29, 0.717) is 12.6 Å². The Balaban J connectivity index is 1.59. The second-order valence-electron chi connectivity index (χ2n) is 7.19. The van der Waals surface area contributed by atoms with Crippen LogP contribution >= 0.6 is 0 Å². The molecule has 0 aromatic carbocycles. The monoisotopic (exact) mass is 267 g/mol. The topological polar surface area (TPSA) is 44.5 Å². The summed E-state index contributed by atoms with van der Waals surface area (Å²) < 4.78 is 12.5. The summed E-state index contributed by atoms with van der Waals surface area (Å²) in [5.41, 5.74) is 6.21. The second kappa shape index (κ2) is 5.34. The zero-order valence-electron chi connectivity index (χ0n) is 12.3. The normalized spacial score (nSPS) is 42.0. The molecule has 1 atom stereocenters. The fourth-order valence-electron chi connectivity index (χ4n) is 4.01. The van der Waals surface area contributed by atoms with Gasteiger partial charge in [-0.05, 0) is 57.3 Å². The van der Waals surface area contributed by atoms with Crippen LogP contribution in [0.25, 0.3) is 0 Å². The molecule has 0 aromatic rings. The molecule has 110 valence electrons. The zero-order valence-corrected chi connectivity index (χ0v) is 12.3. The fourth-order valence-corrected chi connectivity index (χ4v) is 4.01. The molecule has 1 aliphatic heterocycles. The molecule has 0 radical (unpaired) electrons. The first-order valence-corrected chi connectivity index (χ1v) is 8.17. The van der Waals surface area contributed by atoms with Gasteiger partial charge in [-0.2, -0.15) is 0 Å². The van der Waals surface area contributed by atoms with Crippen LogP contribution in [-0.4, -0.2) is 30.5 Å². The van der Waals surface area contributed by atoms with E-state index < -0.39 is 0 Å². The van der Waals surface area contributed by atoms with Gasteiger partial charge in [-0.3, -0.25) is 0 Å². The number of hydrogen-bond acceptors (Lipinski definition) is 3. The van der Waals surface area contributed by atoms with Crippen molar-refractivity contribution < 1.29 is 9.47 Å². The molecule has 3 heteroatoms. The van der Waals surface area contributed by atoms with Crippen molar-refractivity contribution in [3.63, 3.8) is 0 Å². The Morgan fingerprint density at radius 2 is 1.89 bits per heavy atom. The third-order valence-electron chi connectivity index (χ3n) is 5.69. The van der Waals surface area contributed by atoms with Gasteiger partial charge in [-0.25, -0.2) is 0 Å². The van der Waals surface area contributed by atoms with Crippen molar-refractivity contribution in [3.8, 4) is 0 Å². The maximum absolute atomic E-state index is 6.54. The number of hydrogen-bond donors (Lipinski definition) is 1. The number of rotatable bonds is 3. The van der Waals surface area contributed by atoms with Crippen LogP contribution in [0.1, 0.15) is 64.7 Å². The van der Waals surface area contributed by atoms with E-state index in [1.54, 1.807) is 0 Å². The molecule has 1 unspecified atom stereocenters. The minimum Gasteiger partial charge on any atom is -0.375 e. The van der Waals surface area contributed by atoms with Crippen LogP contribution in [0.3, 0.4) is 0 Å². The molecule has 19 heavy (non-hydrogen) atoms. The van der Waals surface area contributed by atoms with Crippen molar-refractivity contribution in [3.05, 3.63) is 0 Å². The predicted octanol–water partition coefficient (Wildman–Crippen LogP) is 3.01. The standard InChI is InChI=1S/C16H29NO2/c1-13-3-8-16(12-17,9-4-13)19-14-5-10-18-15(11-14)6-2-7-15/h13-14H,2-12,17H2,1H3. The summed E-state index contributed by atoms with van der Waals surface area (Å²) in [5, 5.41) is 0. The molecule has 0 aromatic heterocycles. The van der Waals surface area contributed by atoms with E-state index in [1.165, 1.54) is 32.1 Å². The molecule has 2 saturated carbocycles. The van der Waals surface area contributed by atoms with Crippen molar-refractivity contribution in [2.45, 2.75) is 82.0 Å². The van der Waals surface area contributed by atoms with Gasteiger partial charge in [0, 0.05) is 19.6 Å². The summed E-state index contributed by atoms with van der Waals surface area (Å²) in [6, 6.07) is 0. The Labute approximate surface area is 117 Å². The van der Waals surface area contributed by atoms with Gasteiger partial charge in [0.2, 0.25) is 0 Å². The van der Waals surface area contributed by atoms with Crippen LogP contribution in [0.15, 0.2) is 0 Å². The molecular weight excluding hydrogens is 238 g/mol. The Bertz CT molecular complexity index is 306. The van der Waals surface area contributed by atoms with Gasteiger partial charge in [0.15, 0.2) is 0 Å². The Morgan fingerprint density at radius 3 is 2.47 bits per heavy atom. The van der Waals surface area contributed by atoms with Crippen molar-refractivity contribution in [2.75, 3.05) is 13.2 Å². The van der Waals surface area contributed by atoms with E-state index in [1.807, 2.05) is 0 Å². The lowest BCUT2D eigenvalue weighted by Gasteiger charge is -2.49. The molecular formula is C16H29NO2. The number of ether oxygens (including phenoxy) is 2. The molecule has 3 aliphatic rings. The first kappa shape index (κ1) is 13.8. The van der Waals surface area contributed by atoms with Gasteiger partial charge in [0.1, 0.15) is 0 Å². The van der Waals surface area contributed by atoms with Gasteiger partial charge in [0.25, 0.3) is 0 Å². The van der Waals surface area contributed by atoms with Gasteiger partial charge in [0.05, 0.1) is 17.3 Å². The molecule has 1 spiro atoms. The predicted molar refractivity (Wildman–Crippen MR) is 76.1 cm³/mol. The highest BCUT2D eigenvalue weighted by atomic mass is 16.5. The van der Waals surface area contributed by atoms with Crippen LogP contribution in [0.5, 0.6) is 0 Å². The molecule has 0 amide bonds. The second-order valence-corrected chi connectivity index (χ2v) is 7.19. The third kappa shape index (κ3) is 2.84. The highest BCUT2D eigenvalue weighted by molar-refractivity contribution is 4.96. The van der Waals surface area contributed by atoms with E-state index in [-0.39, 0.29) is 11.2 Å². The van der Waals surface area contributed by atoms with E-state index in [2.05, 4.69) is 6.92 Å². The maximum Gasteiger partial charge on any atom is 0.0808 e. The zero-order chi connectivity index (χ0) is 13.3. The summed E-state index contributed by atoms with van der Waals surface area (Å²) in [6.45, 7) is 3.91. The third-order valence-corrected chi connectivity index (χ3v) is 5.69. The van der Waals surface area contributed by atoms with Crippen molar-refractivity contribution in [1.82, 2.24) is 0 Å². The first-order chi connectivity index (χ1) is 9.15. The minimum atomic E-state index is -0.0283. The lowest BCUT2D eigenvalue weighted by molar-refractivity contribution is -0.202. The van der Waals surface area contributed by atoms with Crippen LogP contribution in [0.2, 0.25) is 0 Å². The van der Waals surface area contributed by atoms with Gasteiger partial charge in [-0.1, -0.05) is 6.92 Å².